The molecule has 1 unspecified atom stereocenters. The van der Waals surface area contributed by atoms with Crippen LogP contribution in [0, 0.1) is 11.6 Å². The molecule has 0 amide bonds. The summed E-state index contributed by atoms with van der Waals surface area (Å²) in [5.41, 5.74) is 0. The van der Waals surface area contributed by atoms with Gasteiger partial charge in [0.15, 0.2) is 27.4 Å². The third-order valence-corrected chi connectivity index (χ3v) is 5.88. The highest BCUT2D eigenvalue weighted by atomic mass is 127. The Bertz CT molecular complexity index is 942. The molecule has 10 heteroatoms. The molecule has 2 aromatic rings. The van der Waals surface area contributed by atoms with Crippen LogP contribution in [-0.4, -0.2) is 46.4 Å². The second-order valence-corrected chi connectivity index (χ2v) is 8.29. The lowest BCUT2D eigenvalue weighted by molar-refractivity contribution is 0.191. The molecule has 0 saturated heterocycles. The Labute approximate surface area is 193 Å². The fourth-order valence-electron chi connectivity index (χ4n) is 2.53. The van der Waals surface area contributed by atoms with E-state index in [1.807, 2.05) is 6.92 Å². The quantitative estimate of drug-likeness (QED) is 0.283. The predicted octanol–water partition coefficient (Wildman–Crippen LogP) is 3.38. The van der Waals surface area contributed by atoms with E-state index in [-0.39, 0.29) is 53.0 Å². The summed E-state index contributed by atoms with van der Waals surface area (Å²) in [7, 11) is -2.22. The molecule has 0 radical (unpaired) electrons. The van der Waals surface area contributed by atoms with Crippen LogP contribution in [0.3, 0.4) is 0 Å². The number of sulfone groups is 1. The van der Waals surface area contributed by atoms with E-state index in [1.54, 1.807) is 25.2 Å². The summed E-state index contributed by atoms with van der Waals surface area (Å²) in [5.74, 6) is -0.973. The van der Waals surface area contributed by atoms with Crippen LogP contribution in [0.25, 0.3) is 0 Å². The Kier molecular flexibility index (Phi) is 11.0. The molecule has 2 N–H and O–H groups in total. The highest BCUT2D eigenvalue weighted by Crippen LogP contribution is 2.18. The summed E-state index contributed by atoms with van der Waals surface area (Å²) in [6.45, 7) is 2.29. The Hall–Kier alpha value is -1.95. The van der Waals surface area contributed by atoms with Crippen molar-refractivity contribution in [3.8, 4) is 5.75 Å². The fourth-order valence-corrected chi connectivity index (χ4v) is 3.77. The van der Waals surface area contributed by atoms with Crippen LogP contribution in [0.1, 0.15) is 13.3 Å². The lowest BCUT2D eigenvalue weighted by Crippen LogP contribution is -2.43. The van der Waals surface area contributed by atoms with Crippen LogP contribution >= 0.6 is 24.0 Å². The second kappa shape index (κ2) is 12.7. The molecular weight excluding hydrogens is 527 g/mol. The van der Waals surface area contributed by atoms with Gasteiger partial charge >= 0.3 is 0 Å². The summed E-state index contributed by atoms with van der Waals surface area (Å²) in [4.78, 5) is 3.70. The second-order valence-electron chi connectivity index (χ2n) is 6.21. The first-order valence-corrected chi connectivity index (χ1v) is 10.9. The molecule has 0 aliphatic rings. The molecule has 30 heavy (non-hydrogen) atoms. The van der Waals surface area contributed by atoms with Gasteiger partial charge in [-0.25, -0.2) is 17.2 Å². The van der Waals surface area contributed by atoms with Crippen LogP contribution in [0.15, 0.2) is 58.4 Å². The van der Waals surface area contributed by atoms with Crippen molar-refractivity contribution in [2.24, 2.45) is 4.99 Å². The van der Waals surface area contributed by atoms with E-state index in [0.717, 1.165) is 6.07 Å². The zero-order chi connectivity index (χ0) is 21.3. The Morgan fingerprint density at radius 3 is 2.30 bits per heavy atom. The third kappa shape index (κ3) is 7.71. The maximum absolute atomic E-state index is 13.7. The van der Waals surface area contributed by atoms with E-state index in [4.69, 9.17) is 4.74 Å². The normalized spacial score (nSPS) is 12.6. The lowest BCUT2D eigenvalue weighted by Gasteiger charge is -2.20. The van der Waals surface area contributed by atoms with E-state index in [2.05, 4.69) is 15.6 Å². The van der Waals surface area contributed by atoms with Crippen molar-refractivity contribution in [2.75, 3.05) is 25.9 Å². The summed E-state index contributed by atoms with van der Waals surface area (Å²) >= 11 is 0. The molecule has 0 aliphatic carbocycles. The number of halogens is 3. The highest BCUT2D eigenvalue weighted by molar-refractivity contribution is 14.0. The van der Waals surface area contributed by atoms with Gasteiger partial charge in [-0.15, -0.1) is 24.0 Å². The molecule has 0 aromatic heterocycles. The van der Waals surface area contributed by atoms with Gasteiger partial charge in [0.2, 0.25) is 0 Å². The molecule has 0 fully saturated rings. The van der Waals surface area contributed by atoms with E-state index in [9.17, 15) is 17.2 Å². The van der Waals surface area contributed by atoms with Gasteiger partial charge < -0.3 is 15.4 Å². The largest absolute Gasteiger partial charge is 0.486 e. The van der Waals surface area contributed by atoms with Gasteiger partial charge in [0, 0.05) is 13.6 Å². The minimum Gasteiger partial charge on any atom is -0.486 e. The van der Waals surface area contributed by atoms with Crippen LogP contribution < -0.4 is 15.4 Å². The number of para-hydroxylation sites is 1. The third-order valence-electron chi connectivity index (χ3n) is 4.14. The average molecular weight is 553 g/mol. The molecule has 0 heterocycles. The standard InChI is InChI=1S/C20H25F2N3O3S.HI/c1-3-15(28-18-10-6-4-8-16(18)21)14-25-20(23-2)24-12-13-29(26,27)19-11-7-5-9-17(19)22;/h4-11,15H,3,12-14H2,1-2H3,(H2,23,24,25);1H. The monoisotopic (exact) mass is 553 g/mol. The van der Waals surface area contributed by atoms with Crippen molar-refractivity contribution in [3.05, 3.63) is 60.2 Å². The van der Waals surface area contributed by atoms with Crippen molar-refractivity contribution < 1.29 is 21.9 Å². The number of hydrogen-bond acceptors (Lipinski definition) is 4. The first-order chi connectivity index (χ1) is 13.9. The number of rotatable bonds is 9. The molecular formula is C20H26F2IN3O3S. The predicted molar refractivity (Wildman–Crippen MR) is 124 cm³/mol. The number of aliphatic imine (C=N–C) groups is 1. The maximum atomic E-state index is 13.7. The summed E-state index contributed by atoms with van der Waals surface area (Å²) in [6, 6.07) is 11.4. The first kappa shape index (κ1) is 26.1. The molecule has 1 atom stereocenters. The molecule has 2 aromatic carbocycles. The minimum atomic E-state index is -3.76. The first-order valence-electron chi connectivity index (χ1n) is 9.20. The van der Waals surface area contributed by atoms with Gasteiger partial charge in [-0.3, -0.25) is 4.99 Å². The van der Waals surface area contributed by atoms with Crippen molar-refractivity contribution >= 4 is 39.8 Å². The van der Waals surface area contributed by atoms with Crippen LogP contribution in [0.5, 0.6) is 5.75 Å². The molecule has 0 saturated carbocycles. The molecule has 166 valence electrons. The van der Waals surface area contributed by atoms with Crippen molar-refractivity contribution in [1.82, 2.24) is 10.6 Å². The summed E-state index contributed by atoms with van der Waals surface area (Å²) in [5, 5.41) is 5.90. The van der Waals surface area contributed by atoms with Gasteiger partial charge in [-0.2, -0.15) is 0 Å². The SMILES string of the molecule is CCC(CNC(=NC)NCCS(=O)(=O)c1ccccc1F)Oc1ccccc1F.I. The van der Waals surface area contributed by atoms with Crippen LogP contribution in [-0.2, 0) is 9.84 Å². The van der Waals surface area contributed by atoms with Crippen molar-refractivity contribution in [3.63, 3.8) is 0 Å². The fraction of sp³-hybridized carbons (Fsp3) is 0.350. The van der Waals surface area contributed by atoms with Crippen molar-refractivity contribution in [1.29, 1.82) is 0 Å². The number of nitrogens with zero attached hydrogens (tertiary/aromatic N) is 1. The summed E-state index contributed by atoms with van der Waals surface area (Å²) in [6.07, 6.45) is 0.313. The number of benzene rings is 2. The Balaban J connectivity index is 0.00000450. The zero-order valence-electron chi connectivity index (χ0n) is 16.8. The van der Waals surface area contributed by atoms with Gasteiger partial charge in [0.05, 0.1) is 12.3 Å². The smallest absolute Gasteiger partial charge is 0.191 e. The lowest BCUT2D eigenvalue weighted by atomic mass is 10.2. The van der Waals surface area contributed by atoms with E-state index >= 15 is 0 Å². The maximum Gasteiger partial charge on any atom is 0.191 e. The average Bonchev–Trinajstić information content (AvgIpc) is 2.71. The number of guanidine groups is 1. The minimum absolute atomic E-state index is 0. The molecule has 0 bridgehead atoms. The Morgan fingerprint density at radius 1 is 1.07 bits per heavy atom. The Morgan fingerprint density at radius 2 is 1.70 bits per heavy atom. The molecule has 2 rings (SSSR count). The van der Waals surface area contributed by atoms with Crippen LogP contribution in [0.4, 0.5) is 8.78 Å². The van der Waals surface area contributed by atoms with Gasteiger partial charge in [0.25, 0.3) is 0 Å². The molecule has 0 spiro atoms. The topological polar surface area (TPSA) is 79.8 Å². The number of hydrogen-bond donors (Lipinski definition) is 2. The van der Waals surface area contributed by atoms with E-state index in [0.29, 0.717) is 18.9 Å². The number of nitrogens with one attached hydrogen (secondary N) is 2. The number of ether oxygens (including phenoxy) is 1. The van der Waals surface area contributed by atoms with E-state index in [1.165, 1.54) is 24.3 Å². The summed E-state index contributed by atoms with van der Waals surface area (Å²) < 4.78 is 57.7. The van der Waals surface area contributed by atoms with Gasteiger partial charge in [-0.05, 0) is 30.7 Å². The van der Waals surface area contributed by atoms with E-state index < -0.39 is 21.5 Å². The van der Waals surface area contributed by atoms with Gasteiger partial charge in [-0.1, -0.05) is 31.2 Å². The molecule has 0 aliphatic heterocycles. The van der Waals surface area contributed by atoms with Crippen LogP contribution in [0.2, 0.25) is 0 Å². The molecule has 6 nitrogen and oxygen atoms in total. The van der Waals surface area contributed by atoms with Gasteiger partial charge in [0.1, 0.15) is 16.8 Å². The van der Waals surface area contributed by atoms with Crippen molar-refractivity contribution in [2.45, 2.75) is 24.3 Å². The zero-order valence-corrected chi connectivity index (χ0v) is 19.9. The highest BCUT2D eigenvalue weighted by Gasteiger charge is 2.18.